The molecule has 0 aromatic heterocycles. The summed E-state index contributed by atoms with van der Waals surface area (Å²) in [6, 6.07) is 0.394. The van der Waals surface area contributed by atoms with Gasteiger partial charge >= 0.3 is 0 Å². The van der Waals surface area contributed by atoms with Gasteiger partial charge in [0.15, 0.2) is 0 Å². The predicted molar refractivity (Wildman–Crippen MR) is 57.2 cm³/mol. The van der Waals surface area contributed by atoms with E-state index in [-0.39, 0.29) is 6.10 Å². The fraction of sp³-hybridized carbons (Fsp3) is 0.818. The lowest BCUT2D eigenvalue weighted by molar-refractivity contribution is 0.103. The van der Waals surface area contributed by atoms with Gasteiger partial charge in [-0.3, -0.25) is 0 Å². The monoisotopic (exact) mass is 199 g/mol. The molecule has 0 fully saturated rings. The van der Waals surface area contributed by atoms with Gasteiger partial charge < -0.3 is 14.8 Å². The van der Waals surface area contributed by atoms with Gasteiger partial charge in [-0.05, 0) is 38.8 Å². The van der Waals surface area contributed by atoms with Crippen molar-refractivity contribution >= 4 is 0 Å². The third-order valence-electron chi connectivity index (χ3n) is 2.73. The highest BCUT2D eigenvalue weighted by molar-refractivity contribution is 5.10. The number of hydrogen-bond acceptors (Lipinski definition) is 3. The number of rotatable bonds is 5. The van der Waals surface area contributed by atoms with E-state index in [1.54, 1.807) is 7.11 Å². The van der Waals surface area contributed by atoms with Crippen LogP contribution in [0.2, 0.25) is 0 Å². The number of likely N-dealkylation sites (N-methyl/N-ethyl adjacent to an activating group) is 1. The van der Waals surface area contributed by atoms with E-state index in [2.05, 4.69) is 12.2 Å². The number of hydrogen-bond donors (Lipinski definition) is 1. The van der Waals surface area contributed by atoms with Crippen LogP contribution in [0.4, 0.5) is 0 Å². The van der Waals surface area contributed by atoms with Crippen LogP contribution in [0.15, 0.2) is 11.8 Å². The smallest absolute Gasteiger partial charge is 0.0876 e. The van der Waals surface area contributed by atoms with Crippen LogP contribution in [-0.2, 0) is 9.47 Å². The zero-order valence-electron chi connectivity index (χ0n) is 9.38. The van der Waals surface area contributed by atoms with Crippen LogP contribution in [0.1, 0.15) is 26.2 Å². The zero-order valence-corrected chi connectivity index (χ0v) is 9.38. The van der Waals surface area contributed by atoms with Crippen LogP contribution in [0.3, 0.4) is 0 Å². The Balaban J connectivity index is 2.47. The van der Waals surface area contributed by atoms with E-state index in [0.717, 1.165) is 25.9 Å². The normalized spacial score (nSPS) is 20.9. The molecule has 82 valence electrons. The van der Waals surface area contributed by atoms with Gasteiger partial charge in [0.25, 0.3) is 0 Å². The maximum Gasteiger partial charge on any atom is 0.0876 e. The van der Waals surface area contributed by atoms with Crippen molar-refractivity contribution in [3.63, 3.8) is 0 Å². The lowest BCUT2D eigenvalue weighted by Gasteiger charge is -2.24. The summed E-state index contributed by atoms with van der Waals surface area (Å²) in [6.07, 6.45) is 5.47. The van der Waals surface area contributed by atoms with Crippen molar-refractivity contribution in [2.45, 2.75) is 38.3 Å². The van der Waals surface area contributed by atoms with Crippen molar-refractivity contribution in [1.29, 1.82) is 0 Å². The molecule has 1 N–H and O–H groups in total. The third-order valence-corrected chi connectivity index (χ3v) is 2.73. The van der Waals surface area contributed by atoms with E-state index in [1.165, 1.54) is 5.57 Å². The van der Waals surface area contributed by atoms with Crippen LogP contribution in [0.25, 0.3) is 0 Å². The average molecular weight is 199 g/mol. The topological polar surface area (TPSA) is 30.5 Å². The molecule has 0 aliphatic carbocycles. The van der Waals surface area contributed by atoms with Crippen LogP contribution in [-0.4, -0.2) is 32.9 Å². The molecule has 1 rings (SSSR count). The second kappa shape index (κ2) is 6.04. The molecule has 2 atom stereocenters. The summed E-state index contributed by atoms with van der Waals surface area (Å²) in [4.78, 5) is 0. The maximum atomic E-state index is 5.34. The average Bonchev–Trinajstić information content (AvgIpc) is 2.26. The van der Waals surface area contributed by atoms with Crippen LogP contribution < -0.4 is 5.32 Å². The second-order valence-corrected chi connectivity index (χ2v) is 3.79. The quantitative estimate of drug-likeness (QED) is 0.731. The standard InChI is InChI=1S/C11H21NO2/c1-9(13-3)7-11(12-2)10-5-4-6-14-8-10/h8-9,11-12H,4-7H2,1-3H3. The van der Waals surface area contributed by atoms with Crippen molar-refractivity contribution in [2.75, 3.05) is 20.8 Å². The SMILES string of the molecule is CNC(CC(C)OC)C1=COCCC1. The maximum absolute atomic E-state index is 5.34. The highest BCUT2D eigenvalue weighted by atomic mass is 16.5. The Hall–Kier alpha value is -0.540. The first-order valence-corrected chi connectivity index (χ1v) is 5.28. The Bertz CT molecular complexity index is 192. The van der Waals surface area contributed by atoms with Crippen molar-refractivity contribution in [2.24, 2.45) is 0 Å². The third kappa shape index (κ3) is 3.31. The summed E-state index contributed by atoms with van der Waals surface area (Å²) in [5, 5.41) is 3.31. The summed E-state index contributed by atoms with van der Waals surface area (Å²) in [5.41, 5.74) is 1.36. The Labute approximate surface area is 86.5 Å². The van der Waals surface area contributed by atoms with Gasteiger partial charge in [-0.2, -0.15) is 0 Å². The molecule has 0 radical (unpaired) electrons. The first-order chi connectivity index (χ1) is 6.77. The molecule has 0 spiro atoms. The summed E-state index contributed by atoms with van der Waals surface area (Å²) < 4.78 is 10.6. The predicted octanol–water partition coefficient (Wildman–Crippen LogP) is 1.69. The van der Waals surface area contributed by atoms with Gasteiger partial charge in [-0.15, -0.1) is 0 Å². The van der Waals surface area contributed by atoms with Crippen molar-refractivity contribution in [3.8, 4) is 0 Å². The van der Waals surface area contributed by atoms with E-state index < -0.39 is 0 Å². The van der Waals surface area contributed by atoms with Crippen molar-refractivity contribution in [3.05, 3.63) is 11.8 Å². The van der Waals surface area contributed by atoms with Crippen molar-refractivity contribution in [1.82, 2.24) is 5.32 Å². The fourth-order valence-corrected chi connectivity index (χ4v) is 1.72. The number of nitrogens with one attached hydrogen (secondary N) is 1. The van der Waals surface area contributed by atoms with Gasteiger partial charge in [0.1, 0.15) is 0 Å². The Morgan fingerprint density at radius 3 is 2.93 bits per heavy atom. The molecule has 0 saturated heterocycles. The first kappa shape index (κ1) is 11.5. The highest BCUT2D eigenvalue weighted by Crippen LogP contribution is 2.19. The summed E-state index contributed by atoms with van der Waals surface area (Å²) in [7, 11) is 3.74. The molecular weight excluding hydrogens is 178 g/mol. The minimum atomic E-state index is 0.287. The molecule has 14 heavy (non-hydrogen) atoms. The van der Waals surface area contributed by atoms with Crippen molar-refractivity contribution < 1.29 is 9.47 Å². The van der Waals surface area contributed by atoms with E-state index in [1.807, 2.05) is 13.3 Å². The molecule has 0 saturated carbocycles. The highest BCUT2D eigenvalue weighted by Gasteiger charge is 2.17. The number of methoxy groups -OCH3 is 1. The van der Waals surface area contributed by atoms with Gasteiger partial charge in [0.05, 0.1) is 19.0 Å². The van der Waals surface area contributed by atoms with E-state index >= 15 is 0 Å². The largest absolute Gasteiger partial charge is 0.501 e. The molecule has 1 heterocycles. The number of ether oxygens (including phenoxy) is 2. The van der Waals surface area contributed by atoms with Gasteiger partial charge in [0, 0.05) is 13.2 Å². The first-order valence-electron chi connectivity index (χ1n) is 5.28. The molecule has 0 bridgehead atoms. The summed E-state index contributed by atoms with van der Waals surface area (Å²) >= 11 is 0. The van der Waals surface area contributed by atoms with Gasteiger partial charge in [0.2, 0.25) is 0 Å². The van der Waals surface area contributed by atoms with E-state index in [9.17, 15) is 0 Å². The minimum Gasteiger partial charge on any atom is -0.501 e. The summed E-state index contributed by atoms with van der Waals surface area (Å²) in [6.45, 7) is 2.95. The van der Waals surface area contributed by atoms with Gasteiger partial charge in [-0.1, -0.05) is 0 Å². The Morgan fingerprint density at radius 1 is 1.64 bits per heavy atom. The lowest BCUT2D eigenvalue weighted by atomic mass is 9.97. The van der Waals surface area contributed by atoms with Crippen LogP contribution >= 0.6 is 0 Å². The van der Waals surface area contributed by atoms with Crippen LogP contribution in [0.5, 0.6) is 0 Å². The lowest BCUT2D eigenvalue weighted by Crippen LogP contribution is -2.32. The molecule has 3 nitrogen and oxygen atoms in total. The molecule has 1 aliphatic rings. The Morgan fingerprint density at radius 2 is 2.43 bits per heavy atom. The molecule has 0 amide bonds. The fourth-order valence-electron chi connectivity index (χ4n) is 1.72. The minimum absolute atomic E-state index is 0.287. The van der Waals surface area contributed by atoms with Gasteiger partial charge in [-0.25, -0.2) is 0 Å². The zero-order chi connectivity index (χ0) is 10.4. The molecule has 0 aromatic carbocycles. The second-order valence-electron chi connectivity index (χ2n) is 3.79. The molecule has 0 aromatic rings. The Kier molecular flexibility index (Phi) is 4.98. The summed E-state index contributed by atoms with van der Waals surface area (Å²) in [5.74, 6) is 0. The molecule has 1 aliphatic heterocycles. The van der Waals surface area contributed by atoms with Crippen LogP contribution in [0, 0.1) is 0 Å². The molecule has 3 heteroatoms. The molecular formula is C11H21NO2. The molecule has 2 unspecified atom stereocenters. The van der Waals surface area contributed by atoms with E-state index in [0.29, 0.717) is 6.04 Å². The van der Waals surface area contributed by atoms with E-state index in [4.69, 9.17) is 9.47 Å².